The minimum atomic E-state index is -0.716. The molecule has 0 aromatic rings. The van der Waals surface area contributed by atoms with Gasteiger partial charge in [-0.1, -0.05) is 0 Å². The molecule has 0 aromatic carbocycles. The zero-order valence-corrected chi connectivity index (χ0v) is 6.88. The first-order valence-electron chi connectivity index (χ1n) is 3.37. The number of esters is 1. The van der Waals surface area contributed by atoms with Gasteiger partial charge >= 0.3 is 5.97 Å². The third-order valence-corrected chi connectivity index (χ3v) is 2.23. The molecule has 4 heteroatoms. The lowest BCUT2D eigenvalue weighted by atomic mass is 9.87. The third kappa shape index (κ3) is 0.895. The monoisotopic (exact) mass is 157 g/mol. The molecule has 1 rings (SSSR count). The van der Waals surface area contributed by atoms with Crippen molar-refractivity contribution >= 4 is 11.9 Å². The highest BCUT2D eigenvalue weighted by Gasteiger charge is 2.51. The lowest BCUT2D eigenvalue weighted by Crippen LogP contribution is -2.64. The molecule has 0 radical (unpaired) electrons. The molecular weight excluding hydrogens is 146 g/mol. The summed E-state index contributed by atoms with van der Waals surface area (Å²) in [6.07, 6.45) is 0.260. The van der Waals surface area contributed by atoms with E-state index in [9.17, 15) is 9.59 Å². The molecule has 62 valence electrons. The molecule has 11 heavy (non-hydrogen) atoms. The highest BCUT2D eigenvalue weighted by molar-refractivity contribution is 5.98. The maximum atomic E-state index is 11.1. The maximum absolute atomic E-state index is 11.1. The van der Waals surface area contributed by atoms with Gasteiger partial charge in [-0.25, -0.2) is 4.79 Å². The fourth-order valence-corrected chi connectivity index (χ4v) is 1.14. The van der Waals surface area contributed by atoms with Crippen LogP contribution in [0.4, 0.5) is 0 Å². The lowest BCUT2D eigenvalue weighted by Gasteiger charge is -2.44. The summed E-state index contributed by atoms with van der Waals surface area (Å²) < 4.78 is 4.54. The highest BCUT2D eigenvalue weighted by Crippen LogP contribution is 2.30. The van der Waals surface area contributed by atoms with Crippen molar-refractivity contribution in [1.82, 2.24) is 4.90 Å². The van der Waals surface area contributed by atoms with Gasteiger partial charge in [0.05, 0.1) is 13.5 Å². The molecule has 1 fully saturated rings. The van der Waals surface area contributed by atoms with Gasteiger partial charge in [-0.3, -0.25) is 4.79 Å². The summed E-state index contributed by atoms with van der Waals surface area (Å²) in [5.41, 5.74) is -0.716. The summed E-state index contributed by atoms with van der Waals surface area (Å²) >= 11 is 0. The van der Waals surface area contributed by atoms with E-state index in [1.165, 1.54) is 12.0 Å². The second kappa shape index (κ2) is 2.22. The predicted molar refractivity (Wildman–Crippen MR) is 37.8 cm³/mol. The van der Waals surface area contributed by atoms with Crippen molar-refractivity contribution in [3.05, 3.63) is 0 Å². The number of amides is 1. The molecule has 1 aliphatic rings. The van der Waals surface area contributed by atoms with Gasteiger partial charge in [0.25, 0.3) is 0 Å². The number of likely N-dealkylation sites (N-methyl/N-ethyl adjacent to an activating group) is 1. The second-order valence-corrected chi connectivity index (χ2v) is 2.89. The number of carbonyl (C=O) groups is 2. The molecule has 1 saturated heterocycles. The summed E-state index contributed by atoms with van der Waals surface area (Å²) in [5, 5.41) is 0. The van der Waals surface area contributed by atoms with Gasteiger partial charge in [-0.15, -0.1) is 0 Å². The largest absolute Gasteiger partial charge is 0.467 e. The summed E-state index contributed by atoms with van der Waals surface area (Å²) in [6.45, 7) is 1.69. The van der Waals surface area contributed by atoms with E-state index in [1.807, 2.05) is 0 Å². The Balaban J connectivity index is 2.72. The van der Waals surface area contributed by atoms with Crippen LogP contribution < -0.4 is 0 Å². The fourth-order valence-electron chi connectivity index (χ4n) is 1.14. The Morgan fingerprint density at radius 2 is 2.27 bits per heavy atom. The predicted octanol–water partition coefficient (Wildman–Crippen LogP) is -0.220. The summed E-state index contributed by atoms with van der Waals surface area (Å²) in [5.74, 6) is -0.363. The number of rotatable bonds is 1. The number of carbonyl (C=O) groups excluding carboxylic acids is 2. The van der Waals surface area contributed by atoms with Crippen LogP contribution in [0.5, 0.6) is 0 Å². The van der Waals surface area contributed by atoms with Crippen LogP contribution in [0.3, 0.4) is 0 Å². The third-order valence-electron chi connectivity index (χ3n) is 2.23. The van der Waals surface area contributed by atoms with E-state index in [1.54, 1.807) is 14.0 Å². The van der Waals surface area contributed by atoms with Crippen LogP contribution in [0.25, 0.3) is 0 Å². The van der Waals surface area contributed by atoms with Crippen molar-refractivity contribution in [2.45, 2.75) is 18.9 Å². The molecule has 0 aromatic heterocycles. The fraction of sp³-hybridized carbons (Fsp3) is 0.714. The van der Waals surface area contributed by atoms with E-state index in [2.05, 4.69) is 4.74 Å². The summed E-state index contributed by atoms with van der Waals surface area (Å²) in [7, 11) is 2.92. The molecule has 0 aliphatic carbocycles. The second-order valence-electron chi connectivity index (χ2n) is 2.89. The van der Waals surface area contributed by atoms with Crippen molar-refractivity contribution in [1.29, 1.82) is 0 Å². The standard InChI is InChI=1S/C7H11NO3/c1-7(6(10)11-3)4-5(9)8(7)2/h4H2,1-3H3/t7-/m1/s1. The molecule has 0 unspecified atom stereocenters. The molecule has 0 N–H and O–H groups in total. The average Bonchev–Trinajstić information content (AvgIpc) is 2.02. The van der Waals surface area contributed by atoms with Crippen molar-refractivity contribution in [2.24, 2.45) is 0 Å². The lowest BCUT2D eigenvalue weighted by molar-refractivity contribution is -0.173. The van der Waals surface area contributed by atoms with Gasteiger partial charge in [0.15, 0.2) is 0 Å². The molecule has 0 bridgehead atoms. The Bertz CT molecular complexity index is 214. The van der Waals surface area contributed by atoms with Gasteiger partial charge < -0.3 is 9.64 Å². The Hall–Kier alpha value is -1.06. The SMILES string of the molecule is COC(=O)[C@@]1(C)CC(=O)N1C. The van der Waals surface area contributed by atoms with Gasteiger partial charge in [0.1, 0.15) is 5.54 Å². The van der Waals surface area contributed by atoms with E-state index < -0.39 is 5.54 Å². The van der Waals surface area contributed by atoms with Crippen LogP contribution in [-0.2, 0) is 14.3 Å². The van der Waals surface area contributed by atoms with Gasteiger partial charge in [0.2, 0.25) is 5.91 Å². The number of ether oxygens (including phenoxy) is 1. The number of β-lactam (4-membered cyclic amide) rings is 1. The van der Waals surface area contributed by atoms with Gasteiger partial charge in [0, 0.05) is 7.05 Å². The molecule has 1 amide bonds. The normalized spacial score (nSPS) is 29.7. The van der Waals surface area contributed by atoms with Crippen LogP contribution in [-0.4, -0.2) is 36.5 Å². The molecule has 4 nitrogen and oxygen atoms in total. The Kier molecular flexibility index (Phi) is 1.62. The minimum Gasteiger partial charge on any atom is -0.467 e. The van der Waals surface area contributed by atoms with Crippen LogP contribution in [0, 0.1) is 0 Å². The number of hydrogen-bond acceptors (Lipinski definition) is 3. The Morgan fingerprint density at radius 1 is 1.73 bits per heavy atom. The zero-order valence-electron chi connectivity index (χ0n) is 6.88. The van der Waals surface area contributed by atoms with Crippen LogP contribution in [0.15, 0.2) is 0 Å². The first kappa shape index (κ1) is 8.04. The van der Waals surface area contributed by atoms with Gasteiger partial charge in [-0.2, -0.15) is 0 Å². The van der Waals surface area contributed by atoms with Crippen molar-refractivity contribution in [3.8, 4) is 0 Å². The Morgan fingerprint density at radius 3 is 2.55 bits per heavy atom. The quantitative estimate of drug-likeness (QED) is 0.390. The van der Waals surface area contributed by atoms with Crippen molar-refractivity contribution in [2.75, 3.05) is 14.2 Å². The molecular formula is C7H11NO3. The van der Waals surface area contributed by atoms with Crippen LogP contribution in [0.1, 0.15) is 13.3 Å². The maximum Gasteiger partial charge on any atom is 0.332 e. The van der Waals surface area contributed by atoms with E-state index in [0.29, 0.717) is 0 Å². The zero-order chi connectivity index (χ0) is 8.65. The van der Waals surface area contributed by atoms with Crippen molar-refractivity contribution < 1.29 is 14.3 Å². The van der Waals surface area contributed by atoms with E-state index in [4.69, 9.17) is 0 Å². The van der Waals surface area contributed by atoms with E-state index >= 15 is 0 Å². The molecule has 1 atom stereocenters. The van der Waals surface area contributed by atoms with Crippen LogP contribution >= 0.6 is 0 Å². The minimum absolute atomic E-state index is 0.0158. The molecule has 1 aliphatic heterocycles. The van der Waals surface area contributed by atoms with E-state index in [0.717, 1.165) is 0 Å². The summed E-state index contributed by atoms with van der Waals surface area (Å²) in [4.78, 5) is 23.2. The first-order chi connectivity index (χ1) is 5.02. The topological polar surface area (TPSA) is 46.6 Å². The average molecular weight is 157 g/mol. The molecule has 0 saturated carbocycles. The highest BCUT2D eigenvalue weighted by atomic mass is 16.5. The van der Waals surface area contributed by atoms with Crippen molar-refractivity contribution in [3.63, 3.8) is 0 Å². The number of likely N-dealkylation sites (tertiary alicyclic amines) is 1. The Labute approximate surface area is 65.1 Å². The smallest absolute Gasteiger partial charge is 0.332 e. The summed E-state index contributed by atoms with van der Waals surface area (Å²) in [6, 6.07) is 0. The number of nitrogens with zero attached hydrogens (tertiary/aromatic N) is 1. The first-order valence-corrected chi connectivity index (χ1v) is 3.37. The number of hydrogen-bond donors (Lipinski definition) is 0. The molecule has 1 heterocycles. The van der Waals surface area contributed by atoms with Crippen LogP contribution in [0.2, 0.25) is 0 Å². The van der Waals surface area contributed by atoms with E-state index in [-0.39, 0.29) is 18.3 Å². The molecule has 0 spiro atoms. The van der Waals surface area contributed by atoms with Gasteiger partial charge in [-0.05, 0) is 6.92 Å². The number of methoxy groups -OCH3 is 1.